The summed E-state index contributed by atoms with van der Waals surface area (Å²) in [7, 11) is 1.80. The zero-order chi connectivity index (χ0) is 18.4. The number of thiazole rings is 1. The zero-order valence-corrected chi connectivity index (χ0v) is 15.8. The molecule has 0 radical (unpaired) electrons. The highest BCUT2D eigenvalue weighted by Gasteiger charge is 2.25. The molecule has 1 atom stereocenters. The van der Waals surface area contributed by atoms with Crippen LogP contribution in [0, 0.1) is 13.8 Å². The lowest BCUT2D eigenvalue weighted by atomic mass is 10.1. The minimum atomic E-state index is -0.149. The molecule has 0 bridgehead atoms. The normalized spacial score (nSPS) is 12.6. The molecular formula is C19H18N4O2S. The molecule has 1 aromatic carbocycles. The highest BCUT2D eigenvalue weighted by molar-refractivity contribution is 7.18. The summed E-state index contributed by atoms with van der Waals surface area (Å²) in [5.74, 6) is -0.0986. The van der Waals surface area contributed by atoms with Crippen molar-refractivity contribution in [1.82, 2.24) is 20.0 Å². The van der Waals surface area contributed by atoms with Gasteiger partial charge in [-0.15, -0.1) is 11.3 Å². The molecule has 4 aromatic rings. The van der Waals surface area contributed by atoms with Gasteiger partial charge in [0.05, 0.1) is 32.9 Å². The van der Waals surface area contributed by atoms with Crippen LogP contribution in [0.2, 0.25) is 0 Å². The van der Waals surface area contributed by atoms with Gasteiger partial charge in [-0.1, -0.05) is 17.3 Å². The standard InChI is InChI=1S/C19H18N4O2S/c1-10-9-13(16-11(2)22-25-17(16)20-10)19(24)23(4)12(3)18-21-14-7-5-6-8-15(14)26-18/h5-9,12H,1-4H3/t12-/m1/s1. The number of aryl methyl sites for hydroxylation is 2. The Labute approximate surface area is 154 Å². The van der Waals surface area contributed by atoms with E-state index in [4.69, 9.17) is 4.52 Å². The maximum atomic E-state index is 13.2. The quantitative estimate of drug-likeness (QED) is 0.541. The topological polar surface area (TPSA) is 72.1 Å². The van der Waals surface area contributed by atoms with Crippen molar-refractivity contribution in [2.24, 2.45) is 0 Å². The number of pyridine rings is 1. The van der Waals surface area contributed by atoms with Crippen LogP contribution in [0.25, 0.3) is 21.3 Å². The first-order valence-corrected chi connectivity index (χ1v) is 9.13. The fourth-order valence-electron chi connectivity index (χ4n) is 2.99. The van der Waals surface area contributed by atoms with E-state index in [-0.39, 0.29) is 11.9 Å². The molecule has 0 aliphatic carbocycles. The number of aromatic nitrogens is 3. The average molecular weight is 366 g/mol. The van der Waals surface area contributed by atoms with Crippen molar-refractivity contribution < 1.29 is 9.32 Å². The van der Waals surface area contributed by atoms with Crippen molar-refractivity contribution in [1.29, 1.82) is 0 Å². The molecule has 26 heavy (non-hydrogen) atoms. The molecule has 0 N–H and O–H groups in total. The predicted octanol–water partition coefficient (Wildman–Crippen LogP) is 4.28. The van der Waals surface area contributed by atoms with Crippen LogP contribution in [0.5, 0.6) is 0 Å². The fourth-order valence-corrected chi connectivity index (χ4v) is 4.05. The van der Waals surface area contributed by atoms with Gasteiger partial charge in [-0.25, -0.2) is 9.97 Å². The first-order valence-electron chi connectivity index (χ1n) is 8.32. The second-order valence-electron chi connectivity index (χ2n) is 6.37. The summed E-state index contributed by atoms with van der Waals surface area (Å²) in [6, 6.07) is 9.63. The number of carbonyl (C=O) groups is 1. The third-order valence-corrected chi connectivity index (χ3v) is 5.75. The van der Waals surface area contributed by atoms with E-state index in [9.17, 15) is 4.79 Å². The number of nitrogens with zero attached hydrogens (tertiary/aromatic N) is 4. The third-order valence-electron chi connectivity index (χ3n) is 4.54. The van der Waals surface area contributed by atoms with E-state index in [0.29, 0.717) is 22.4 Å². The van der Waals surface area contributed by atoms with Crippen molar-refractivity contribution in [3.63, 3.8) is 0 Å². The Balaban J connectivity index is 1.72. The van der Waals surface area contributed by atoms with Crippen LogP contribution >= 0.6 is 11.3 Å². The van der Waals surface area contributed by atoms with Crippen LogP contribution < -0.4 is 0 Å². The van der Waals surface area contributed by atoms with Gasteiger partial charge >= 0.3 is 0 Å². The number of hydrogen-bond acceptors (Lipinski definition) is 6. The van der Waals surface area contributed by atoms with E-state index >= 15 is 0 Å². The largest absolute Gasteiger partial charge is 0.336 e. The lowest BCUT2D eigenvalue weighted by Crippen LogP contribution is -2.30. The molecule has 0 spiro atoms. The average Bonchev–Trinajstić information content (AvgIpc) is 3.23. The SMILES string of the molecule is Cc1cc(C(=O)N(C)[C@H](C)c2nc3ccccc3s2)c2c(C)noc2n1. The number of carbonyl (C=O) groups excluding carboxylic acids is 1. The van der Waals surface area contributed by atoms with Crippen molar-refractivity contribution in [2.45, 2.75) is 26.8 Å². The number of rotatable bonds is 3. The van der Waals surface area contributed by atoms with Crippen LogP contribution in [-0.4, -0.2) is 33.0 Å². The Hall–Kier alpha value is -2.80. The summed E-state index contributed by atoms with van der Waals surface area (Å²) in [4.78, 5) is 23.9. The summed E-state index contributed by atoms with van der Waals surface area (Å²) >= 11 is 1.61. The first kappa shape index (κ1) is 16.7. The Morgan fingerprint density at radius 2 is 2.00 bits per heavy atom. The number of benzene rings is 1. The van der Waals surface area contributed by atoms with E-state index in [1.165, 1.54) is 0 Å². The molecule has 4 rings (SSSR count). The van der Waals surface area contributed by atoms with Crippen molar-refractivity contribution in [3.8, 4) is 0 Å². The monoisotopic (exact) mass is 366 g/mol. The Morgan fingerprint density at radius 3 is 2.77 bits per heavy atom. The Morgan fingerprint density at radius 1 is 1.23 bits per heavy atom. The van der Waals surface area contributed by atoms with Gasteiger partial charge in [0.15, 0.2) is 0 Å². The van der Waals surface area contributed by atoms with E-state index < -0.39 is 0 Å². The summed E-state index contributed by atoms with van der Waals surface area (Å²) in [5.41, 5.74) is 3.29. The Bertz CT molecular complexity index is 1100. The van der Waals surface area contributed by atoms with E-state index in [0.717, 1.165) is 20.9 Å². The molecule has 132 valence electrons. The molecule has 0 aliphatic heterocycles. The molecule has 0 unspecified atom stereocenters. The number of amides is 1. The molecule has 3 aromatic heterocycles. The summed E-state index contributed by atoms with van der Waals surface area (Å²) in [6.45, 7) is 5.64. The number of fused-ring (bicyclic) bond motifs is 2. The van der Waals surface area contributed by atoms with Crippen LogP contribution in [-0.2, 0) is 0 Å². The molecule has 6 nitrogen and oxygen atoms in total. The fraction of sp³-hybridized carbons (Fsp3) is 0.263. The van der Waals surface area contributed by atoms with E-state index in [1.807, 2.05) is 45.0 Å². The van der Waals surface area contributed by atoms with Gasteiger partial charge < -0.3 is 9.42 Å². The zero-order valence-electron chi connectivity index (χ0n) is 15.0. The predicted molar refractivity (Wildman–Crippen MR) is 101 cm³/mol. The molecular weight excluding hydrogens is 348 g/mol. The smallest absolute Gasteiger partial charge is 0.258 e. The highest BCUT2D eigenvalue weighted by Crippen LogP contribution is 2.31. The molecule has 1 amide bonds. The van der Waals surface area contributed by atoms with Gasteiger partial charge in [-0.05, 0) is 39.0 Å². The van der Waals surface area contributed by atoms with Gasteiger partial charge in [-0.2, -0.15) is 0 Å². The van der Waals surface area contributed by atoms with Crippen molar-refractivity contribution >= 4 is 38.6 Å². The van der Waals surface area contributed by atoms with Crippen LogP contribution in [0.3, 0.4) is 0 Å². The lowest BCUT2D eigenvalue weighted by molar-refractivity contribution is 0.0744. The number of hydrogen-bond donors (Lipinski definition) is 0. The minimum Gasteiger partial charge on any atom is -0.336 e. The van der Waals surface area contributed by atoms with Crippen LogP contribution in [0.4, 0.5) is 0 Å². The van der Waals surface area contributed by atoms with Gasteiger partial charge in [0.1, 0.15) is 5.01 Å². The first-order chi connectivity index (χ1) is 12.5. The van der Waals surface area contributed by atoms with Gasteiger partial charge in [0, 0.05) is 12.7 Å². The van der Waals surface area contributed by atoms with Gasteiger partial charge in [-0.3, -0.25) is 4.79 Å². The molecule has 3 heterocycles. The van der Waals surface area contributed by atoms with Crippen LogP contribution in [0.15, 0.2) is 34.9 Å². The van der Waals surface area contributed by atoms with Crippen LogP contribution in [0.1, 0.15) is 39.7 Å². The summed E-state index contributed by atoms with van der Waals surface area (Å²) in [6.07, 6.45) is 0. The molecule has 0 aliphatic rings. The minimum absolute atomic E-state index is 0.0986. The maximum absolute atomic E-state index is 13.2. The van der Waals surface area contributed by atoms with E-state index in [2.05, 4.69) is 15.1 Å². The second kappa shape index (κ2) is 6.17. The van der Waals surface area contributed by atoms with Gasteiger partial charge in [0.25, 0.3) is 11.6 Å². The van der Waals surface area contributed by atoms with E-state index in [1.54, 1.807) is 29.4 Å². The van der Waals surface area contributed by atoms with Gasteiger partial charge in [0.2, 0.25) is 0 Å². The van der Waals surface area contributed by atoms with Crippen molar-refractivity contribution in [2.75, 3.05) is 7.05 Å². The lowest BCUT2D eigenvalue weighted by Gasteiger charge is -2.23. The summed E-state index contributed by atoms with van der Waals surface area (Å²) < 4.78 is 6.36. The third kappa shape index (κ3) is 2.64. The van der Waals surface area contributed by atoms with Crippen molar-refractivity contribution in [3.05, 3.63) is 52.3 Å². The Kier molecular flexibility index (Phi) is 3.96. The number of para-hydroxylation sites is 1. The second-order valence-corrected chi connectivity index (χ2v) is 7.43. The summed E-state index contributed by atoms with van der Waals surface area (Å²) in [5, 5.41) is 5.53. The molecule has 0 fully saturated rings. The molecule has 0 saturated carbocycles. The molecule has 0 saturated heterocycles. The maximum Gasteiger partial charge on any atom is 0.258 e. The molecule has 7 heteroatoms. The highest BCUT2D eigenvalue weighted by atomic mass is 32.1.